The molecule has 0 unspecified atom stereocenters. The Morgan fingerprint density at radius 2 is 1.78 bits per heavy atom. The molecule has 41 heavy (non-hydrogen) atoms. The number of aromatic hydroxyl groups is 1. The summed E-state index contributed by atoms with van der Waals surface area (Å²) in [5.74, 6) is -4.52. The Kier molecular flexibility index (Phi) is 6.29. The van der Waals surface area contributed by atoms with E-state index < -0.39 is 40.4 Å². The summed E-state index contributed by atoms with van der Waals surface area (Å²) in [6.07, 6.45) is 3.45. The topological polar surface area (TPSA) is 144 Å². The lowest BCUT2D eigenvalue weighted by Gasteiger charge is -2.42. The number of benzene rings is 2. The van der Waals surface area contributed by atoms with Gasteiger partial charge < -0.3 is 9.84 Å². The molecule has 0 spiro atoms. The van der Waals surface area contributed by atoms with Crippen molar-refractivity contribution in [2.75, 3.05) is 12.0 Å². The lowest BCUT2D eigenvalue weighted by molar-refractivity contribution is -0.384. The molecule has 4 atom stereocenters. The third-order valence-corrected chi connectivity index (χ3v) is 8.94. The number of phenolic OH excluding ortho intramolecular Hbond substituents is 1. The van der Waals surface area contributed by atoms with Crippen LogP contribution in [0.1, 0.15) is 31.2 Å². The number of imide groups is 1. The number of hydrogen-bond donors (Lipinski definition) is 1. The Morgan fingerprint density at radius 3 is 2.44 bits per heavy atom. The number of methoxy groups -OCH3 is 1. The van der Waals surface area contributed by atoms with Crippen LogP contribution in [0, 0.1) is 27.9 Å². The summed E-state index contributed by atoms with van der Waals surface area (Å²) in [4.78, 5) is 66.0. The highest BCUT2D eigenvalue weighted by atomic mass is 79.9. The van der Waals surface area contributed by atoms with Crippen molar-refractivity contribution in [2.45, 2.75) is 25.7 Å². The van der Waals surface area contributed by atoms with Gasteiger partial charge >= 0.3 is 0 Å². The van der Waals surface area contributed by atoms with E-state index in [1.54, 1.807) is 19.1 Å². The molecule has 1 heterocycles. The van der Waals surface area contributed by atoms with Crippen LogP contribution in [0.15, 0.2) is 75.3 Å². The molecule has 2 aromatic rings. The standard InChI is InChI=1S/C30H23BrN2O8/c1-13-9-22(34)26-21(27(13)35)12-19-17(24(26)20-10-14(31)11-23(41-2)28(20)36)7-8-18-25(19)30(38)32(29(18)37)15-3-5-16(6-4-15)33(39)40/h3-7,9-11,18-19,24-25,36H,8,12H2,1-2H3/t18-,19+,24+,25-/m0/s1. The minimum absolute atomic E-state index is 0.0909. The zero-order valence-corrected chi connectivity index (χ0v) is 23.5. The van der Waals surface area contributed by atoms with Gasteiger partial charge in [-0.3, -0.25) is 34.2 Å². The van der Waals surface area contributed by atoms with Crippen LogP contribution in [-0.2, 0) is 19.2 Å². The van der Waals surface area contributed by atoms with Gasteiger partial charge in [-0.1, -0.05) is 27.6 Å². The Balaban J connectivity index is 1.49. The number of carbonyl (C=O) groups excluding carboxylic acids is 4. The van der Waals surface area contributed by atoms with Gasteiger partial charge in [0.05, 0.1) is 29.6 Å². The molecule has 10 nitrogen and oxygen atoms in total. The average molecular weight is 619 g/mol. The summed E-state index contributed by atoms with van der Waals surface area (Å²) in [5.41, 5.74) is 1.89. The lowest BCUT2D eigenvalue weighted by Crippen LogP contribution is -2.39. The van der Waals surface area contributed by atoms with Crippen molar-refractivity contribution in [3.05, 3.63) is 91.0 Å². The maximum Gasteiger partial charge on any atom is 0.269 e. The van der Waals surface area contributed by atoms with Crippen molar-refractivity contribution in [1.29, 1.82) is 0 Å². The van der Waals surface area contributed by atoms with Crippen LogP contribution >= 0.6 is 15.9 Å². The fourth-order valence-electron chi connectivity index (χ4n) is 6.69. The number of rotatable bonds is 4. The molecule has 0 radical (unpaired) electrons. The van der Waals surface area contributed by atoms with Crippen LogP contribution in [0.25, 0.3) is 0 Å². The summed E-state index contributed by atoms with van der Waals surface area (Å²) >= 11 is 3.44. The van der Waals surface area contributed by atoms with Crippen molar-refractivity contribution in [3.8, 4) is 11.5 Å². The van der Waals surface area contributed by atoms with E-state index in [2.05, 4.69) is 15.9 Å². The smallest absolute Gasteiger partial charge is 0.269 e. The van der Waals surface area contributed by atoms with E-state index >= 15 is 0 Å². The molecule has 208 valence electrons. The Labute approximate surface area is 242 Å². The second-order valence-electron chi connectivity index (χ2n) is 10.6. The number of fused-ring (bicyclic) bond motifs is 3. The zero-order chi connectivity index (χ0) is 29.3. The molecule has 1 fully saturated rings. The highest BCUT2D eigenvalue weighted by Crippen LogP contribution is 2.57. The second-order valence-corrected chi connectivity index (χ2v) is 11.5. The fraction of sp³-hybridized carbons (Fsp3) is 0.267. The van der Waals surface area contributed by atoms with Crippen molar-refractivity contribution in [1.82, 2.24) is 0 Å². The van der Waals surface area contributed by atoms with E-state index in [1.165, 1.54) is 37.5 Å². The maximum atomic E-state index is 13.9. The fourth-order valence-corrected chi connectivity index (χ4v) is 7.14. The summed E-state index contributed by atoms with van der Waals surface area (Å²) in [7, 11) is 1.40. The number of nitro benzene ring substituents is 1. The number of ketones is 2. The summed E-state index contributed by atoms with van der Waals surface area (Å²) < 4.78 is 5.94. The van der Waals surface area contributed by atoms with Gasteiger partial charge in [-0.05, 0) is 56.0 Å². The molecule has 11 heteroatoms. The number of nitrogens with zero attached hydrogens (tertiary/aromatic N) is 2. The molecule has 0 saturated carbocycles. The molecule has 4 aliphatic rings. The molecule has 1 aliphatic heterocycles. The second kappa shape index (κ2) is 9.62. The minimum Gasteiger partial charge on any atom is -0.504 e. The third-order valence-electron chi connectivity index (χ3n) is 8.48. The zero-order valence-electron chi connectivity index (χ0n) is 21.9. The molecule has 2 aromatic carbocycles. The number of anilines is 1. The van der Waals surface area contributed by atoms with Gasteiger partial charge in [0.2, 0.25) is 11.8 Å². The van der Waals surface area contributed by atoms with Gasteiger partial charge in [0.15, 0.2) is 23.1 Å². The molecule has 1 saturated heterocycles. The minimum atomic E-state index is -0.840. The molecule has 1 N–H and O–H groups in total. The number of phenols is 1. The number of Topliss-reactive ketones (excluding diaryl/α,β-unsaturated/α-hetero) is 1. The lowest BCUT2D eigenvalue weighted by atomic mass is 9.59. The van der Waals surface area contributed by atoms with E-state index in [-0.39, 0.29) is 64.0 Å². The van der Waals surface area contributed by atoms with Crippen LogP contribution in [-0.4, -0.2) is 40.5 Å². The highest BCUT2D eigenvalue weighted by Gasteiger charge is 2.57. The molecular weight excluding hydrogens is 596 g/mol. The van der Waals surface area contributed by atoms with Gasteiger partial charge in [0, 0.05) is 44.8 Å². The Bertz CT molecular complexity index is 1690. The number of hydrogen-bond acceptors (Lipinski definition) is 8. The highest BCUT2D eigenvalue weighted by molar-refractivity contribution is 9.10. The van der Waals surface area contributed by atoms with Gasteiger partial charge in [0.1, 0.15) is 0 Å². The van der Waals surface area contributed by atoms with Crippen molar-refractivity contribution in [3.63, 3.8) is 0 Å². The summed E-state index contributed by atoms with van der Waals surface area (Å²) in [6, 6.07) is 8.45. The van der Waals surface area contributed by atoms with E-state index in [0.29, 0.717) is 15.6 Å². The van der Waals surface area contributed by atoms with Gasteiger partial charge in [-0.15, -0.1) is 0 Å². The first-order valence-corrected chi connectivity index (χ1v) is 13.7. The number of allylic oxidation sites excluding steroid dienone is 6. The van der Waals surface area contributed by atoms with Crippen molar-refractivity contribution < 1.29 is 33.9 Å². The number of carbonyl (C=O) groups is 4. The maximum absolute atomic E-state index is 13.9. The van der Waals surface area contributed by atoms with Crippen molar-refractivity contribution >= 4 is 50.7 Å². The van der Waals surface area contributed by atoms with Crippen LogP contribution in [0.4, 0.5) is 11.4 Å². The summed E-state index contributed by atoms with van der Waals surface area (Å²) in [6.45, 7) is 1.56. The van der Waals surface area contributed by atoms with Gasteiger partial charge in [-0.2, -0.15) is 0 Å². The van der Waals surface area contributed by atoms with Gasteiger partial charge in [0.25, 0.3) is 5.69 Å². The molecule has 2 amide bonds. The van der Waals surface area contributed by atoms with Crippen LogP contribution < -0.4 is 9.64 Å². The van der Waals surface area contributed by atoms with Crippen LogP contribution in [0.5, 0.6) is 11.5 Å². The Hall–Kier alpha value is -4.38. The molecule has 0 aromatic heterocycles. The number of halogens is 1. The number of amides is 2. The monoisotopic (exact) mass is 618 g/mol. The van der Waals surface area contributed by atoms with E-state index in [0.717, 1.165) is 4.90 Å². The van der Waals surface area contributed by atoms with E-state index in [9.17, 15) is 34.4 Å². The summed E-state index contributed by atoms with van der Waals surface area (Å²) in [5, 5.41) is 22.3. The molecule has 3 aliphatic carbocycles. The molecular formula is C30H23BrN2O8. The van der Waals surface area contributed by atoms with E-state index in [1.807, 2.05) is 6.08 Å². The van der Waals surface area contributed by atoms with Crippen LogP contribution in [0.3, 0.4) is 0 Å². The largest absolute Gasteiger partial charge is 0.504 e. The normalized spacial score (nSPS) is 25.4. The third kappa shape index (κ3) is 3.98. The van der Waals surface area contributed by atoms with Crippen LogP contribution in [0.2, 0.25) is 0 Å². The first-order valence-electron chi connectivity index (χ1n) is 12.9. The SMILES string of the molecule is COc1cc(Br)cc([C@H]2C3=CC[C@@H]4C(=O)N(c5ccc([N+](=O)[O-])cc5)C(=O)[C@@H]4[C@@H]3CC3=C2C(=O)C=C(C)C3=O)c1O. The quantitative estimate of drug-likeness (QED) is 0.171. The molecule has 6 rings (SSSR count). The molecule has 0 bridgehead atoms. The number of non-ortho nitro benzene ring substituents is 1. The Morgan fingerprint density at radius 1 is 1.07 bits per heavy atom. The average Bonchev–Trinajstić information content (AvgIpc) is 3.21. The predicted octanol–water partition coefficient (Wildman–Crippen LogP) is 4.71. The van der Waals surface area contributed by atoms with E-state index in [4.69, 9.17) is 4.74 Å². The first-order chi connectivity index (χ1) is 19.5. The number of nitro groups is 1. The number of ether oxygens (including phenoxy) is 1. The first kappa shape index (κ1) is 26.8. The van der Waals surface area contributed by atoms with Gasteiger partial charge in [-0.25, -0.2) is 0 Å². The predicted molar refractivity (Wildman–Crippen MR) is 149 cm³/mol. The van der Waals surface area contributed by atoms with Crippen molar-refractivity contribution in [2.24, 2.45) is 17.8 Å².